The van der Waals surface area contributed by atoms with Gasteiger partial charge in [0.15, 0.2) is 0 Å². The first-order valence-electron chi connectivity index (χ1n) is 7.57. The van der Waals surface area contributed by atoms with Crippen LogP contribution < -0.4 is 4.72 Å². The number of rotatable bonds is 5. The fraction of sp³-hybridized carbons (Fsp3) is 0.733. The maximum absolute atomic E-state index is 12.4. The Balaban J connectivity index is 2.03. The third-order valence-electron chi connectivity index (χ3n) is 3.95. The Kier molecular flexibility index (Phi) is 5.34. The van der Waals surface area contributed by atoms with Gasteiger partial charge in [0.05, 0.1) is 12.2 Å². The predicted octanol–water partition coefficient (Wildman–Crippen LogP) is 2.22. The van der Waals surface area contributed by atoms with Gasteiger partial charge in [-0.05, 0) is 46.8 Å². The zero-order valence-electron chi connectivity index (χ0n) is 13.9. The zero-order valence-corrected chi connectivity index (χ0v) is 15.6. The highest BCUT2D eigenvalue weighted by atomic mass is 32.2. The molecule has 0 spiro atoms. The van der Waals surface area contributed by atoms with E-state index in [2.05, 4.69) is 37.3 Å². The van der Waals surface area contributed by atoms with Crippen LogP contribution in [0.25, 0.3) is 0 Å². The van der Waals surface area contributed by atoms with Crippen LogP contribution in [0, 0.1) is 6.92 Å². The lowest BCUT2D eigenvalue weighted by Gasteiger charge is -2.45. The lowest BCUT2D eigenvalue weighted by molar-refractivity contribution is -0.0945. The predicted molar refractivity (Wildman–Crippen MR) is 89.9 cm³/mol. The summed E-state index contributed by atoms with van der Waals surface area (Å²) in [5.41, 5.74) is -0.258. The van der Waals surface area contributed by atoms with E-state index in [4.69, 9.17) is 4.74 Å². The third kappa shape index (κ3) is 4.29. The van der Waals surface area contributed by atoms with Crippen LogP contribution in [0.3, 0.4) is 0 Å². The SMILES string of the molecule is Cc1ccc(S(=O)(=O)NCC(C)(C)N2CC(C)OC(C)C2)s1. The summed E-state index contributed by atoms with van der Waals surface area (Å²) in [6.07, 6.45) is 0.333. The van der Waals surface area contributed by atoms with E-state index in [1.165, 1.54) is 11.3 Å². The van der Waals surface area contributed by atoms with Crippen LogP contribution in [-0.4, -0.2) is 50.7 Å². The molecule has 7 heteroatoms. The third-order valence-corrected chi connectivity index (χ3v) is 6.84. The Labute approximate surface area is 137 Å². The van der Waals surface area contributed by atoms with Gasteiger partial charge in [-0.2, -0.15) is 0 Å². The summed E-state index contributed by atoms with van der Waals surface area (Å²) in [6, 6.07) is 3.49. The maximum Gasteiger partial charge on any atom is 0.250 e. The second kappa shape index (κ2) is 6.57. The van der Waals surface area contributed by atoms with Crippen LogP contribution in [0.2, 0.25) is 0 Å². The topological polar surface area (TPSA) is 58.6 Å². The molecule has 1 aromatic rings. The molecule has 0 bridgehead atoms. The van der Waals surface area contributed by atoms with Gasteiger partial charge in [-0.1, -0.05) is 0 Å². The van der Waals surface area contributed by atoms with Crippen molar-refractivity contribution in [1.82, 2.24) is 9.62 Å². The van der Waals surface area contributed by atoms with Crippen LogP contribution in [0.1, 0.15) is 32.6 Å². The Morgan fingerprint density at radius 2 is 1.91 bits per heavy atom. The summed E-state index contributed by atoms with van der Waals surface area (Å²) in [7, 11) is -3.43. The summed E-state index contributed by atoms with van der Waals surface area (Å²) in [5, 5.41) is 0. The van der Waals surface area contributed by atoms with Crippen molar-refractivity contribution >= 4 is 21.4 Å². The van der Waals surface area contributed by atoms with E-state index in [9.17, 15) is 8.42 Å². The minimum Gasteiger partial charge on any atom is -0.373 e. The first kappa shape index (κ1) is 17.9. The van der Waals surface area contributed by atoms with E-state index in [0.717, 1.165) is 18.0 Å². The molecule has 1 aromatic heterocycles. The summed E-state index contributed by atoms with van der Waals surface area (Å²) in [5.74, 6) is 0. The van der Waals surface area contributed by atoms with Crippen LogP contribution in [0.4, 0.5) is 0 Å². The molecule has 2 heterocycles. The monoisotopic (exact) mass is 346 g/mol. The number of thiophene rings is 1. The number of hydrogen-bond donors (Lipinski definition) is 1. The molecule has 0 aliphatic carbocycles. The van der Waals surface area contributed by atoms with E-state index < -0.39 is 10.0 Å². The van der Waals surface area contributed by atoms with E-state index >= 15 is 0 Å². The van der Waals surface area contributed by atoms with Crippen molar-refractivity contribution in [3.8, 4) is 0 Å². The fourth-order valence-corrected chi connectivity index (χ4v) is 5.22. The van der Waals surface area contributed by atoms with E-state index in [0.29, 0.717) is 10.8 Å². The highest BCUT2D eigenvalue weighted by molar-refractivity contribution is 7.91. The van der Waals surface area contributed by atoms with Gasteiger partial charge in [0.2, 0.25) is 10.0 Å². The molecule has 5 nitrogen and oxygen atoms in total. The molecular formula is C15H26N2O3S2. The van der Waals surface area contributed by atoms with E-state index in [1.54, 1.807) is 6.07 Å². The van der Waals surface area contributed by atoms with Crippen molar-refractivity contribution in [3.05, 3.63) is 17.0 Å². The van der Waals surface area contributed by atoms with Gasteiger partial charge in [0, 0.05) is 30.1 Å². The van der Waals surface area contributed by atoms with Gasteiger partial charge in [-0.3, -0.25) is 4.90 Å². The molecule has 2 atom stereocenters. The molecule has 1 fully saturated rings. The summed E-state index contributed by atoms with van der Waals surface area (Å²) in [4.78, 5) is 3.30. The highest BCUT2D eigenvalue weighted by Gasteiger charge is 2.34. The minimum absolute atomic E-state index is 0.166. The van der Waals surface area contributed by atoms with Crippen molar-refractivity contribution < 1.29 is 13.2 Å². The quantitative estimate of drug-likeness (QED) is 0.888. The van der Waals surface area contributed by atoms with Gasteiger partial charge in [0.25, 0.3) is 0 Å². The average Bonchev–Trinajstić information content (AvgIpc) is 2.83. The molecule has 1 saturated heterocycles. The van der Waals surface area contributed by atoms with Crippen molar-refractivity contribution in [2.45, 2.75) is 56.6 Å². The molecular weight excluding hydrogens is 320 g/mol. The number of sulfonamides is 1. The molecule has 126 valence electrons. The average molecular weight is 347 g/mol. The molecule has 1 aliphatic heterocycles. The molecule has 0 saturated carbocycles. The Morgan fingerprint density at radius 3 is 2.41 bits per heavy atom. The van der Waals surface area contributed by atoms with Crippen molar-refractivity contribution in [2.75, 3.05) is 19.6 Å². The molecule has 1 aliphatic rings. The number of hydrogen-bond acceptors (Lipinski definition) is 5. The number of nitrogens with zero attached hydrogens (tertiary/aromatic N) is 1. The first-order valence-corrected chi connectivity index (χ1v) is 9.87. The first-order chi connectivity index (χ1) is 10.1. The Morgan fingerprint density at radius 1 is 1.32 bits per heavy atom. The lowest BCUT2D eigenvalue weighted by Crippen LogP contribution is -2.58. The summed E-state index contributed by atoms with van der Waals surface area (Å²) >= 11 is 1.30. The van der Waals surface area contributed by atoms with Crippen molar-refractivity contribution in [3.63, 3.8) is 0 Å². The number of ether oxygens (including phenoxy) is 1. The smallest absolute Gasteiger partial charge is 0.250 e. The van der Waals surface area contributed by atoms with E-state index in [-0.39, 0.29) is 17.7 Å². The van der Waals surface area contributed by atoms with Crippen LogP contribution in [0.15, 0.2) is 16.3 Å². The van der Waals surface area contributed by atoms with Crippen LogP contribution in [-0.2, 0) is 14.8 Å². The highest BCUT2D eigenvalue weighted by Crippen LogP contribution is 2.23. The zero-order chi connectivity index (χ0) is 16.5. The number of morpholine rings is 1. The Hall–Kier alpha value is -0.470. The lowest BCUT2D eigenvalue weighted by atomic mass is 10.0. The van der Waals surface area contributed by atoms with Gasteiger partial charge < -0.3 is 4.74 Å². The molecule has 0 amide bonds. The van der Waals surface area contributed by atoms with Gasteiger partial charge in [0.1, 0.15) is 4.21 Å². The number of nitrogens with one attached hydrogen (secondary N) is 1. The van der Waals surface area contributed by atoms with Crippen molar-refractivity contribution in [1.29, 1.82) is 0 Å². The Bertz CT molecular complexity index is 600. The molecule has 0 radical (unpaired) electrons. The maximum atomic E-state index is 12.4. The molecule has 1 N–H and O–H groups in total. The molecule has 0 aromatic carbocycles. The summed E-state index contributed by atoms with van der Waals surface area (Å²) in [6.45, 7) is 12.2. The number of aryl methyl sites for hydroxylation is 1. The van der Waals surface area contributed by atoms with Gasteiger partial charge in [-0.15, -0.1) is 11.3 Å². The second-order valence-electron chi connectivity index (χ2n) is 6.66. The second-order valence-corrected chi connectivity index (χ2v) is 9.95. The normalized spacial score (nSPS) is 24.6. The van der Waals surface area contributed by atoms with Gasteiger partial charge >= 0.3 is 0 Å². The molecule has 22 heavy (non-hydrogen) atoms. The van der Waals surface area contributed by atoms with E-state index in [1.807, 2.05) is 13.0 Å². The fourth-order valence-electron chi connectivity index (χ4n) is 2.68. The summed E-state index contributed by atoms with van der Waals surface area (Å²) < 4.78 is 33.6. The van der Waals surface area contributed by atoms with Gasteiger partial charge in [-0.25, -0.2) is 13.1 Å². The molecule has 2 rings (SSSR count). The largest absolute Gasteiger partial charge is 0.373 e. The van der Waals surface area contributed by atoms with Crippen LogP contribution in [0.5, 0.6) is 0 Å². The van der Waals surface area contributed by atoms with Crippen molar-refractivity contribution in [2.24, 2.45) is 0 Å². The standard InChI is InChI=1S/C15H26N2O3S2/c1-11-8-17(9-12(2)20-11)15(4,5)10-16-22(18,19)14-7-6-13(3)21-14/h6-7,11-12,16H,8-10H2,1-5H3. The minimum atomic E-state index is -3.43. The molecule has 2 unspecified atom stereocenters. The van der Waals surface area contributed by atoms with Crippen LogP contribution >= 0.6 is 11.3 Å².